The van der Waals surface area contributed by atoms with Crippen molar-refractivity contribution in [3.8, 4) is 0 Å². The molecule has 1 aromatic carbocycles. The van der Waals surface area contributed by atoms with Crippen LogP contribution in [-0.4, -0.2) is 12.8 Å². The number of benzene rings is 1. The molecule has 1 nitrogen and oxygen atoms in total. The summed E-state index contributed by atoms with van der Waals surface area (Å²) < 4.78 is 0. The summed E-state index contributed by atoms with van der Waals surface area (Å²) in [6.07, 6.45) is 3.06. The number of fused-ring (bicyclic) bond motifs is 1. The van der Waals surface area contributed by atoms with Crippen molar-refractivity contribution in [3.05, 3.63) is 35.4 Å². The Hall–Kier alpha value is -0.760. The molecule has 0 aliphatic carbocycles. The molecule has 1 aliphatic heterocycles. The third-order valence-electron chi connectivity index (χ3n) is 1.80. The molecule has 0 aromatic heterocycles. The van der Waals surface area contributed by atoms with Gasteiger partial charge in [0.2, 0.25) is 0 Å². The van der Waals surface area contributed by atoms with Crippen LogP contribution in [-0.2, 0) is 6.42 Å². The summed E-state index contributed by atoms with van der Waals surface area (Å²) in [6, 6.07) is 8.41. The van der Waals surface area contributed by atoms with Crippen LogP contribution in [0.2, 0.25) is 0 Å². The van der Waals surface area contributed by atoms with E-state index in [9.17, 15) is 0 Å². The molecule has 0 saturated carbocycles. The Morgan fingerprint density at radius 2 is 2.00 bits per heavy atom. The highest BCUT2D eigenvalue weighted by atomic mass is 32.1. The van der Waals surface area contributed by atoms with E-state index >= 15 is 0 Å². The second kappa shape index (κ2) is 3.58. The Morgan fingerprint density at radius 3 is 2.82 bits per heavy atom. The summed E-state index contributed by atoms with van der Waals surface area (Å²) in [5.41, 5.74) is 2.71. The summed E-state index contributed by atoms with van der Waals surface area (Å²) in [5, 5.41) is 0. The second-order valence-corrected chi connectivity index (χ2v) is 2.48. The standard InChI is InChI=1S/C9H9N.H2S/c1-2-4-9-7-10-6-5-8(9)3-1;/h1-4,7H,5-6H2;1H2. The third-order valence-corrected chi connectivity index (χ3v) is 1.80. The van der Waals surface area contributed by atoms with Crippen molar-refractivity contribution in [2.45, 2.75) is 6.42 Å². The minimum Gasteiger partial charge on any atom is -0.292 e. The van der Waals surface area contributed by atoms with Gasteiger partial charge < -0.3 is 0 Å². The fraction of sp³-hybridized carbons (Fsp3) is 0.222. The Bertz CT molecular complexity index is 268. The molecule has 1 heterocycles. The van der Waals surface area contributed by atoms with Gasteiger partial charge in [0.15, 0.2) is 0 Å². The molecule has 2 rings (SSSR count). The maximum atomic E-state index is 4.19. The zero-order valence-electron chi connectivity index (χ0n) is 6.25. The molecule has 0 N–H and O–H groups in total. The van der Waals surface area contributed by atoms with Crippen molar-refractivity contribution in [3.63, 3.8) is 0 Å². The van der Waals surface area contributed by atoms with Crippen molar-refractivity contribution in [2.75, 3.05) is 6.54 Å². The first-order valence-corrected chi connectivity index (χ1v) is 3.54. The first-order valence-electron chi connectivity index (χ1n) is 3.54. The zero-order chi connectivity index (χ0) is 6.81. The number of nitrogens with zero attached hydrogens (tertiary/aromatic N) is 1. The minimum absolute atomic E-state index is 0. The third kappa shape index (κ3) is 1.63. The highest BCUT2D eigenvalue weighted by Crippen LogP contribution is 2.10. The van der Waals surface area contributed by atoms with Crippen molar-refractivity contribution in [2.24, 2.45) is 4.99 Å². The Morgan fingerprint density at radius 1 is 1.18 bits per heavy atom. The Labute approximate surface area is 73.6 Å². The first kappa shape index (κ1) is 8.34. The lowest BCUT2D eigenvalue weighted by Gasteiger charge is -2.07. The van der Waals surface area contributed by atoms with Gasteiger partial charge in [0, 0.05) is 12.8 Å². The summed E-state index contributed by atoms with van der Waals surface area (Å²) in [6.45, 7) is 0.955. The van der Waals surface area contributed by atoms with Gasteiger partial charge in [-0.2, -0.15) is 13.5 Å². The van der Waals surface area contributed by atoms with Gasteiger partial charge in [-0.25, -0.2) is 0 Å². The topological polar surface area (TPSA) is 12.4 Å². The molecular formula is C9H11NS. The van der Waals surface area contributed by atoms with Gasteiger partial charge in [-0.05, 0) is 17.5 Å². The Kier molecular flexibility index (Phi) is 2.71. The van der Waals surface area contributed by atoms with E-state index in [-0.39, 0.29) is 13.5 Å². The van der Waals surface area contributed by atoms with E-state index in [0.717, 1.165) is 13.0 Å². The van der Waals surface area contributed by atoms with Gasteiger partial charge in [-0.15, -0.1) is 0 Å². The highest BCUT2D eigenvalue weighted by molar-refractivity contribution is 7.59. The van der Waals surface area contributed by atoms with Gasteiger partial charge in [0.05, 0.1) is 0 Å². The first-order chi connectivity index (χ1) is 4.97. The summed E-state index contributed by atoms with van der Waals surface area (Å²) in [5.74, 6) is 0. The average molecular weight is 165 g/mol. The number of aliphatic imine (C=N–C) groups is 1. The molecular weight excluding hydrogens is 154 g/mol. The van der Waals surface area contributed by atoms with Gasteiger partial charge >= 0.3 is 0 Å². The van der Waals surface area contributed by atoms with Gasteiger partial charge in [0.25, 0.3) is 0 Å². The van der Waals surface area contributed by atoms with E-state index in [2.05, 4.69) is 29.3 Å². The number of rotatable bonds is 0. The molecule has 0 radical (unpaired) electrons. The maximum absolute atomic E-state index is 4.19. The Balaban J connectivity index is 0.000000605. The summed E-state index contributed by atoms with van der Waals surface area (Å²) in [7, 11) is 0. The molecule has 0 unspecified atom stereocenters. The normalized spacial score (nSPS) is 13.5. The van der Waals surface area contributed by atoms with Crippen molar-refractivity contribution in [1.82, 2.24) is 0 Å². The van der Waals surface area contributed by atoms with Gasteiger partial charge in [-0.1, -0.05) is 24.3 Å². The molecule has 0 bridgehead atoms. The summed E-state index contributed by atoms with van der Waals surface area (Å²) >= 11 is 0. The molecule has 58 valence electrons. The van der Waals surface area contributed by atoms with Gasteiger partial charge in [0.1, 0.15) is 0 Å². The van der Waals surface area contributed by atoms with Crippen LogP contribution in [0.5, 0.6) is 0 Å². The quantitative estimate of drug-likeness (QED) is 0.555. The van der Waals surface area contributed by atoms with Crippen molar-refractivity contribution < 1.29 is 0 Å². The van der Waals surface area contributed by atoms with Crippen molar-refractivity contribution >= 4 is 19.7 Å². The fourth-order valence-electron chi connectivity index (χ4n) is 1.24. The number of hydrogen-bond donors (Lipinski definition) is 0. The minimum atomic E-state index is 0. The van der Waals surface area contributed by atoms with E-state index in [1.807, 2.05) is 6.21 Å². The van der Waals surface area contributed by atoms with Crippen molar-refractivity contribution in [1.29, 1.82) is 0 Å². The molecule has 0 spiro atoms. The van der Waals surface area contributed by atoms with Crippen LogP contribution in [0.4, 0.5) is 0 Å². The monoisotopic (exact) mass is 165 g/mol. The van der Waals surface area contributed by atoms with Crippen LogP contribution in [0.15, 0.2) is 29.3 Å². The molecule has 0 saturated heterocycles. The lowest BCUT2D eigenvalue weighted by atomic mass is 10.0. The summed E-state index contributed by atoms with van der Waals surface area (Å²) in [4.78, 5) is 4.19. The SMILES string of the molecule is C1=NCCc2ccccc21.S. The van der Waals surface area contributed by atoms with Crippen LogP contribution in [0.1, 0.15) is 11.1 Å². The van der Waals surface area contributed by atoms with Crippen LogP contribution >= 0.6 is 13.5 Å². The van der Waals surface area contributed by atoms with E-state index in [1.54, 1.807) is 0 Å². The zero-order valence-corrected chi connectivity index (χ0v) is 7.25. The lowest BCUT2D eigenvalue weighted by molar-refractivity contribution is 0.952. The fourth-order valence-corrected chi connectivity index (χ4v) is 1.24. The highest BCUT2D eigenvalue weighted by Gasteiger charge is 2.01. The molecule has 11 heavy (non-hydrogen) atoms. The largest absolute Gasteiger partial charge is 0.292 e. The van der Waals surface area contributed by atoms with Crippen LogP contribution in [0.25, 0.3) is 0 Å². The molecule has 0 fully saturated rings. The predicted molar refractivity (Wildman–Crippen MR) is 53.0 cm³/mol. The second-order valence-electron chi connectivity index (χ2n) is 2.48. The molecule has 2 heteroatoms. The van der Waals surface area contributed by atoms with Crippen LogP contribution in [0.3, 0.4) is 0 Å². The van der Waals surface area contributed by atoms with Crippen LogP contribution < -0.4 is 0 Å². The lowest BCUT2D eigenvalue weighted by Crippen LogP contribution is -2.01. The average Bonchev–Trinajstić information content (AvgIpc) is 2.05. The number of hydrogen-bond acceptors (Lipinski definition) is 1. The predicted octanol–water partition coefficient (Wildman–Crippen LogP) is 1.77. The van der Waals surface area contributed by atoms with E-state index in [0.29, 0.717) is 0 Å². The molecule has 0 amide bonds. The molecule has 1 aromatic rings. The van der Waals surface area contributed by atoms with E-state index in [4.69, 9.17) is 0 Å². The molecule has 0 atom stereocenters. The smallest absolute Gasteiger partial charge is 0.0430 e. The maximum Gasteiger partial charge on any atom is 0.0430 e. The van der Waals surface area contributed by atoms with Crippen LogP contribution in [0, 0.1) is 0 Å². The van der Waals surface area contributed by atoms with E-state index < -0.39 is 0 Å². The molecule has 1 aliphatic rings. The van der Waals surface area contributed by atoms with E-state index in [1.165, 1.54) is 11.1 Å². The van der Waals surface area contributed by atoms with Gasteiger partial charge in [-0.3, -0.25) is 4.99 Å².